The van der Waals surface area contributed by atoms with Crippen LogP contribution in [0.25, 0.3) is 0 Å². The van der Waals surface area contributed by atoms with Crippen molar-refractivity contribution in [2.45, 2.75) is 6.54 Å². The van der Waals surface area contributed by atoms with Crippen molar-refractivity contribution in [2.24, 2.45) is 5.10 Å². The number of rotatable bonds is 7. The van der Waals surface area contributed by atoms with E-state index in [9.17, 15) is 9.18 Å². The van der Waals surface area contributed by atoms with Gasteiger partial charge in [-0.05, 0) is 72.3 Å². The first kappa shape index (κ1) is 23.9. The SMILES string of the molecule is COc1ccc(/C=N/NC(=O)c2ccc(Br)cc2)cc1CN1CCN(c2ccc(F)cc2)CC1. The summed E-state index contributed by atoms with van der Waals surface area (Å²) in [6, 6.07) is 19.6. The predicted molar refractivity (Wildman–Crippen MR) is 136 cm³/mol. The second-order valence-corrected chi connectivity index (χ2v) is 8.93. The summed E-state index contributed by atoms with van der Waals surface area (Å²) in [5, 5.41) is 4.11. The summed E-state index contributed by atoms with van der Waals surface area (Å²) in [7, 11) is 1.66. The van der Waals surface area contributed by atoms with Gasteiger partial charge in [-0.2, -0.15) is 5.10 Å². The van der Waals surface area contributed by atoms with E-state index >= 15 is 0 Å². The van der Waals surface area contributed by atoms with Crippen LogP contribution in [0.1, 0.15) is 21.5 Å². The van der Waals surface area contributed by atoms with Crippen LogP contribution in [-0.4, -0.2) is 50.3 Å². The first-order valence-electron chi connectivity index (χ1n) is 11.0. The molecule has 0 aromatic heterocycles. The number of hydrogen-bond acceptors (Lipinski definition) is 5. The van der Waals surface area contributed by atoms with Crippen LogP contribution >= 0.6 is 15.9 Å². The van der Waals surface area contributed by atoms with Crippen LogP contribution in [0.3, 0.4) is 0 Å². The van der Waals surface area contributed by atoms with Crippen LogP contribution in [0.4, 0.5) is 10.1 Å². The Bertz CT molecular complexity index is 1140. The van der Waals surface area contributed by atoms with Crippen LogP contribution in [0.5, 0.6) is 5.75 Å². The maximum absolute atomic E-state index is 13.2. The van der Waals surface area contributed by atoms with E-state index in [2.05, 4.69) is 36.3 Å². The third kappa shape index (κ3) is 6.21. The van der Waals surface area contributed by atoms with Gasteiger partial charge in [-0.25, -0.2) is 9.82 Å². The molecular formula is C26H26BrFN4O2. The maximum Gasteiger partial charge on any atom is 0.271 e. The number of carbonyl (C=O) groups is 1. The average Bonchev–Trinajstić information content (AvgIpc) is 2.86. The number of nitrogens with zero attached hydrogens (tertiary/aromatic N) is 3. The van der Waals surface area contributed by atoms with E-state index in [1.54, 1.807) is 25.5 Å². The summed E-state index contributed by atoms with van der Waals surface area (Å²) in [4.78, 5) is 16.9. The maximum atomic E-state index is 13.2. The number of anilines is 1. The number of hydrazone groups is 1. The number of ether oxygens (including phenoxy) is 1. The van der Waals surface area contributed by atoms with Crippen molar-refractivity contribution in [3.05, 3.63) is 93.7 Å². The molecule has 1 amide bonds. The molecule has 0 spiro atoms. The highest BCUT2D eigenvalue weighted by atomic mass is 79.9. The van der Waals surface area contributed by atoms with E-state index in [1.807, 2.05) is 42.5 Å². The molecule has 34 heavy (non-hydrogen) atoms. The molecule has 1 N–H and O–H groups in total. The molecule has 0 bridgehead atoms. The number of carbonyl (C=O) groups excluding carboxylic acids is 1. The lowest BCUT2D eigenvalue weighted by Gasteiger charge is -2.36. The second kappa shape index (κ2) is 11.3. The van der Waals surface area contributed by atoms with Gasteiger partial charge in [0.05, 0.1) is 13.3 Å². The van der Waals surface area contributed by atoms with E-state index in [4.69, 9.17) is 4.74 Å². The van der Waals surface area contributed by atoms with Gasteiger partial charge in [0.15, 0.2) is 0 Å². The summed E-state index contributed by atoms with van der Waals surface area (Å²) in [5.74, 6) is 0.333. The molecule has 1 saturated heterocycles. The fourth-order valence-electron chi connectivity index (χ4n) is 3.89. The number of amides is 1. The van der Waals surface area contributed by atoms with Gasteiger partial charge in [-0.1, -0.05) is 15.9 Å². The third-order valence-electron chi connectivity index (χ3n) is 5.75. The zero-order chi connectivity index (χ0) is 23.9. The van der Waals surface area contributed by atoms with E-state index in [-0.39, 0.29) is 11.7 Å². The smallest absolute Gasteiger partial charge is 0.271 e. The van der Waals surface area contributed by atoms with Gasteiger partial charge in [-0.15, -0.1) is 0 Å². The minimum Gasteiger partial charge on any atom is -0.496 e. The Balaban J connectivity index is 1.35. The van der Waals surface area contributed by atoms with Gasteiger partial charge in [-0.3, -0.25) is 9.69 Å². The molecule has 0 radical (unpaired) electrons. The number of methoxy groups -OCH3 is 1. The molecule has 0 unspecified atom stereocenters. The molecule has 1 heterocycles. The average molecular weight is 525 g/mol. The molecule has 3 aromatic rings. The normalized spacial score (nSPS) is 14.4. The summed E-state index contributed by atoms with van der Waals surface area (Å²) in [6.45, 7) is 4.27. The number of hydrogen-bond donors (Lipinski definition) is 1. The monoisotopic (exact) mass is 524 g/mol. The van der Waals surface area contributed by atoms with Crippen LogP contribution in [0.2, 0.25) is 0 Å². The molecule has 1 aliphatic heterocycles. The highest BCUT2D eigenvalue weighted by molar-refractivity contribution is 9.10. The minimum atomic E-state index is -0.267. The van der Waals surface area contributed by atoms with Gasteiger partial charge >= 0.3 is 0 Å². The number of halogens is 2. The van der Waals surface area contributed by atoms with Crippen molar-refractivity contribution in [3.63, 3.8) is 0 Å². The highest BCUT2D eigenvalue weighted by Crippen LogP contribution is 2.23. The van der Waals surface area contributed by atoms with E-state index < -0.39 is 0 Å². The second-order valence-electron chi connectivity index (χ2n) is 8.02. The molecule has 4 rings (SSSR count). The first-order valence-corrected chi connectivity index (χ1v) is 11.8. The molecule has 6 nitrogen and oxygen atoms in total. The Morgan fingerprint density at radius 3 is 2.44 bits per heavy atom. The van der Waals surface area contributed by atoms with Gasteiger partial charge in [0.1, 0.15) is 11.6 Å². The zero-order valence-electron chi connectivity index (χ0n) is 18.9. The molecule has 176 valence electrons. The summed E-state index contributed by atoms with van der Waals surface area (Å²) in [6.07, 6.45) is 1.63. The third-order valence-corrected chi connectivity index (χ3v) is 6.28. The summed E-state index contributed by atoms with van der Waals surface area (Å²) >= 11 is 3.36. The van der Waals surface area contributed by atoms with Crippen molar-refractivity contribution in [1.82, 2.24) is 10.3 Å². The molecule has 1 fully saturated rings. The molecule has 0 atom stereocenters. The number of piperazine rings is 1. The summed E-state index contributed by atoms with van der Waals surface area (Å²) in [5.41, 5.74) is 6.07. The quantitative estimate of drug-likeness (QED) is 0.360. The van der Waals surface area contributed by atoms with Gasteiger partial charge < -0.3 is 9.64 Å². The minimum absolute atomic E-state index is 0.217. The van der Waals surface area contributed by atoms with Crippen molar-refractivity contribution in [2.75, 3.05) is 38.2 Å². The lowest BCUT2D eigenvalue weighted by Crippen LogP contribution is -2.46. The molecule has 0 aliphatic carbocycles. The number of nitrogens with one attached hydrogen (secondary N) is 1. The molecule has 0 saturated carbocycles. The Morgan fingerprint density at radius 1 is 1.06 bits per heavy atom. The van der Waals surface area contributed by atoms with Crippen LogP contribution in [0.15, 0.2) is 76.3 Å². The predicted octanol–water partition coefficient (Wildman–Crippen LogP) is 4.68. The Morgan fingerprint density at radius 2 is 1.76 bits per heavy atom. The number of benzene rings is 3. The Hall–Kier alpha value is -3.23. The van der Waals surface area contributed by atoms with E-state index in [0.717, 1.165) is 59.8 Å². The lowest BCUT2D eigenvalue weighted by atomic mass is 10.1. The fourth-order valence-corrected chi connectivity index (χ4v) is 4.15. The van der Waals surface area contributed by atoms with Gasteiger partial charge in [0, 0.05) is 54.0 Å². The Kier molecular flexibility index (Phi) is 7.92. The Labute approximate surface area is 207 Å². The highest BCUT2D eigenvalue weighted by Gasteiger charge is 2.19. The molecule has 3 aromatic carbocycles. The largest absolute Gasteiger partial charge is 0.496 e. The van der Waals surface area contributed by atoms with E-state index in [1.165, 1.54) is 12.1 Å². The summed E-state index contributed by atoms with van der Waals surface area (Å²) < 4.78 is 19.7. The van der Waals surface area contributed by atoms with Crippen molar-refractivity contribution in [1.29, 1.82) is 0 Å². The topological polar surface area (TPSA) is 57.2 Å². The van der Waals surface area contributed by atoms with Crippen LogP contribution in [-0.2, 0) is 6.54 Å². The fraction of sp³-hybridized carbons (Fsp3) is 0.231. The van der Waals surface area contributed by atoms with Crippen molar-refractivity contribution in [3.8, 4) is 5.75 Å². The molecular weight excluding hydrogens is 499 g/mol. The lowest BCUT2D eigenvalue weighted by molar-refractivity contribution is 0.0955. The molecule has 1 aliphatic rings. The molecule has 8 heteroatoms. The van der Waals surface area contributed by atoms with Crippen molar-refractivity contribution >= 4 is 33.7 Å². The zero-order valence-corrected chi connectivity index (χ0v) is 20.5. The van der Waals surface area contributed by atoms with Gasteiger partial charge in [0.2, 0.25) is 0 Å². The standard InChI is InChI=1S/C26H26BrFN4O2/c1-34-25-11-2-19(17-29-30-26(33)20-3-5-22(27)6-4-20)16-21(25)18-31-12-14-32(15-13-31)24-9-7-23(28)8-10-24/h2-11,16-17H,12-15,18H2,1H3,(H,30,33)/b29-17+. The van der Waals surface area contributed by atoms with Crippen LogP contribution < -0.4 is 15.1 Å². The van der Waals surface area contributed by atoms with E-state index in [0.29, 0.717) is 5.56 Å². The van der Waals surface area contributed by atoms with Crippen molar-refractivity contribution < 1.29 is 13.9 Å². The van der Waals surface area contributed by atoms with Crippen LogP contribution in [0, 0.1) is 5.82 Å². The van der Waals surface area contributed by atoms with Gasteiger partial charge in [0.25, 0.3) is 5.91 Å². The first-order chi connectivity index (χ1) is 16.5.